The highest BCUT2D eigenvalue weighted by molar-refractivity contribution is 6.00. The van der Waals surface area contributed by atoms with Crippen LogP contribution in [-0.2, 0) is 13.6 Å². The van der Waals surface area contributed by atoms with Gasteiger partial charge >= 0.3 is 0 Å². The summed E-state index contributed by atoms with van der Waals surface area (Å²) in [5.74, 6) is 0.904. The maximum atomic E-state index is 13.6. The second kappa shape index (κ2) is 8.21. The van der Waals surface area contributed by atoms with Crippen LogP contribution < -0.4 is 0 Å². The molecule has 4 rings (SSSR count). The second-order valence-corrected chi connectivity index (χ2v) is 8.04. The smallest absolute Gasteiger partial charge is 0.255 e. The van der Waals surface area contributed by atoms with E-state index in [0.29, 0.717) is 0 Å². The molecular formula is C24H28N4O. The molecule has 2 aromatic carbocycles. The van der Waals surface area contributed by atoms with Crippen molar-refractivity contribution in [1.29, 1.82) is 0 Å². The number of rotatable bonds is 5. The van der Waals surface area contributed by atoms with Crippen LogP contribution in [0.2, 0.25) is 0 Å². The van der Waals surface area contributed by atoms with E-state index in [4.69, 9.17) is 0 Å². The molecule has 29 heavy (non-hydrogen) atoms. The average molecular weight is 389 g/mol. The highest BCUT2D eigenvalue weighted by Gasteiger charge is 2.32. The van der Waals surface area contributed by atoms with Gasteiger partial charge in [-0.05, 0) is 44.1 Å². The van der Waals surface area contributed by atoms with Crippen molar-refractivity contribution < 1.29 is 4.79 Å². The first-order chi connectivity index (χ1) is 14.0. The van der Waals surface area contributed by atoms with E-state index < -0.39 is 0 Å². The number of aromatic nitrogens is 2. The molecule has 1 amide bonds. The minimum Gasteiger partial charge on any atom is -0.334 e. The maximum Gasteiger partial charge on any atom is 0.255 e. The Bertz CT molecular complexity index is 990. The number of benzene rings is 2. The van der Waals surface area contributed by atoms with Crippen LogP contribution in [0.4, 0.5) is 0 Å². The molecule has 0 N–H and O–H groups in total. The lowest BCUT2D eigenvalue weighted by Gasteiger charge is -2.26. The third-order valence-corrected chi connectivity index (χ3v) is 5.60. The topological polar surface area (TPSA) is 41.4 Å². The van der Waals surface area contributed by atoms with Gasteiger partial charge in [0.1, 0.15) is 5.82 Å². The molecule has 0 spiro atoms. The zero-order valence-corrected chi connectivity index (χ0v) is 17.4. The first-order valence-electron chi connectivity index (χ1n) is 10.2. The van der Waals surface area contributed by atoms with Crippen LogP contribution in [0.25, 0.3) is 11.4 Å². The van der Waals surface area contributed by atoms with Crippen LogP contribution in [0, 0.1) is 0 Å². The van der Waals surface area contributed by atoms with E-state index in [2.05, 4.69) is 48.2 Å². The van der Waals surface area contributed by atoms with Crippen molar-refractivity contribution in [2.75, 3.05) is 20.6 Å². The van der Waals surface area contributed by atoms with Crippen LogP contribution >= 0.6 is 0 Å². The molecule has 1 aliphatic heterocycles. The fourth-order valence-corrected chi connectivity index (χ4v) is 4.21. The molecule has 0 aliphatic carbocycles. The lowest BCUT2D eigenvalue weighted by atomic mass is 10.0. The molecule has 3 aromatic rings. The summed E-state index contributed by atoms with van der Waals surface area (Å²) in [5.41, 5.74) is 4.11. The molecule has 0 radical (unpaired) electrons. The number of hydrogen-bond donors (Lipinski definition) is 0. The number of nitrogens with zero attached hydrogens (tertiary/aromatic N) is 4. The zero-order valence-electron chi connectivity index (χ0n) is 17.4. The van der Waals surface area contributed by atoms with Crippen molar-refractivity contribution in [2.45, 2.75) is 25.4 Å². The molecule has 1 unspecified atom stereocenters. The van der Waals surface area contributed by atoms with Gasteiger partial charge in [-0.25, -0.2) is 4.98 Å². The number of aryl methyl sites for hydroxylation is 1. The summed E-state index contributed by atoms with van der Waals surface area (Å²) in [5, 5.41) is 0. The lowest BCUT2D eigenvalue weighted by molar-refractivity contribution is 0.0736. The number of imidazole rings is 1. The largest absolute Gasteiger partial charge is 0.334 e. The molecule has 1 aliphatic rings. The summed E-state index contributed by atoms with van der Waals surface area (Å²) in [6.07, 6.45) is 5.71. The van der Waals surface area contributed by atoms with E-state index in [0.717, 1.165) is 42.9 Å². The molecule has 1 atom stereocenters. The molecule has 1 saturated heterocycles. The van der Waals surface area contributed by atoms with E-state index in [9.17, 15) is 4.79 Å². The summed E-state index contributed by atoms with van der Waals surface area (Å²) >= 11 is 0. The second-order valence-electron chi connectivity index (χ2n) is 8.04. The quantitative estimate of drug-likeness (QED) is 0.660. The monoisotopic (exact) mass is 388 g/mol. The Morgan fingerprint density at radius 2 is 1.90 bits per heavy atom. The van der Waals surface area contributed by atoms with Crippen molar-refractivity contribution in [3.05, 3.63) is 77.6 Å². The van der Waals surface area contributed by atoms with Gasteiger partial charge in [0, 0.05) is 38.1 Å². The van der Waals surface area contributed by atoms with Crippen molar-refractivity contribution >= 4 is 5.91 Å². The highest BCUT2D eigenvalue weighted by Crippen LogP contribution is 2.35. The van der Waals surface area contributed by atoms with Gasteiger partial charge in [0.05, 0.1) is 11.6 Å². The third-order valence-electron chi connectivity index (χ3n) is 5.60. The lowest BCUT2D eigenvalue weighted by Crippen LogP contribution is -2.31. The first-order valence-corrected chi connectivity index (χ1v) is 10.2. The van der Waals surface area contributed by atoms with E-state index in [1.165, 1.54) is 11.1 Å². The summed E-state index contributed by atoms with van der Waals surface area (Å²) in [6, 6.07) is 16.6. The van der Waals surface area contributed by atoms with Gasteiger partial charge in [0.25, 0.3) is 5.91 Å². The van der Waals surface area contributed by atoms with Gasteiger partial charge in [0.2, 0.25) is 0 Å². The highest BCUT2D eigenvalue weighted by atomic mass is 16.2. The Morgan fingerprint density at radius 3 is 2.59 bits per heavy atom. The van der Waals surface area contributed by atoms with Gasteiger partial charge < -0.3 is 14.4 Å². The number of likely N-dealkylation sites (tertiary alicyclic amines) is 1. The van der Waals surface area contributed by atoms with Gasteiger partial charge in [-0.3, -0.25) is 4.79 Å². The molecule has 1 fully saturated rings. The van der Waals surface area contributed by atoms with E-state index >= 15 is 0 Å². The molecule has 5 heteroatoms. The van der Waals surface area contributed by atoms with Gasteiger partial charge in [0.15, 0.2) is 0 Å². The van der Waals surface area contributed by atoms with Gasteiger partial charge in [-0.1, -0.05) is 42.5 Å². The number of carbonyl (C=O) groups is 1. The summed E-state index contributed by atoms with van der Waals surface area (Å²) in [6.45, 7) is 1.71. The van der Waals surface area contributed by atoms with E-state index in [-0.39, 0.29) is 11.9 Å². The fourth-order valence-electron chi connectivity index (χ4n) is 4.21. The first kappa shape index (κ1) is 19.4. The van der Waals surface area contributed by atoms with Crippen molar-refractivity contribution in [2.24, 2.45) is 7.05 Å². The SMILES string of the molecule is CN(C)Cc1ccc(C2CCCN2C(=O)c2ccccc2-c2nccn2C)cc1. The van der Waals surface area contributed by atoms with Crippen molar-refractivity contribution in [1.82, 2.24) is 19.4 Å². The number of carbonyl (C=O) groups excluding carboxylic acids is 1. The van der Waals surface area contributed by atoms with Crippen LogP contribution in [-0.4, -0.2) is 45.9 Å². The zero-order chi connectivity index (χ0) is 20.4. The molecular weight excluding hydrogens is 360 g/mol. The Hall–Kier alpha value is -2.92. The number of amides is 1. The standard InChI is InChI=1S/C24H28N4O/c1-26(2)17-18-10-12-19(13-11-18)22-9-6-15-28(22)24(29)21-8-5-4-7-20(21)23-25-14-16-27(23)3/h4-5,7-8,10-14,16,22H,6,9,15,17H2,1-3H3. The predicted molar refractivity (Wildman–Crippen MR) is 115 cm³/mol. The molecule has 5 nitrogen and oxygen atoms in total. The number of hydrogen-bond acceptors (Lipinski definition) is 3. The fraction of sp³-hybridized carbons (Fsp3) is 0.333. The Labute approximate surface area is 172 Å². The van der Waals surface area contributed by atoms with Crippen LogP contribution in [0.15, 0.2) is 60.9 Å². The third kappa shape index (κ3) is 3.96. The van der Waals surface area contributed by atoms with Gasteiger partial charge in [-0.15, -0.1) is 0 Å². The molecule has 150 valence electrons. The Morgan fingerprint density at radius 1 is 1.14 bits per heavy atom. The van der Waals surface area contributed by atoms with Crippen molar-refractivity contribution in [3.63, 3.8) is 0 Å². The van der Waals surface area contributed by atoms with Crippen LogP contribution in [0.1, 0.15) is 40.4 Å². The van der Waals surface area contributed by atoms with Crippen LogP contribution in [0.5, 0.6) is 0 Å². The molecule has 2 heterocycles. The normalized spacial score (nSPS) is 16.6. The summed E-state index contributed by atoms with van der Waals surface area (Å²) < 4.78 is 1.96. The average Bonchev–Trinajstić information content (AvgIpc) is 3.37. The molecule has 0 bridgehead atoms. The van der Waals surface area contributed by atoms with E-state index in [1.54, 1.807) is 6.20 Å². The minimum absolute atomic E-state index is 0.0865. The Kier molecular flexibility index (Phi) is 5.49. The van der Waals surface area contributed by atoms with Crippen LogP contribution in [0.3, 0.4) is 0 Å². The van der Waals surface area contributed by atoms with E-state index in [1.807, 2.05) is 47.0 Å². The summed E-state index contributed by atoms with van der Waals surface area (Å²) in [7, 11) is 6.10. The Balaban J connectivity index is 1.62. The predicted octanol–water partition coefficient (Wildman–Crippen LogP) is 4.13. The minimum atomic E-state index is 0.0865. The maximum absolute atomic E-state index is 13.6. The molecule has 0 saturated carbocycles. The molecule has 1 aromatic heterocycles. The summed E-state index contributed by atoms with van der Waals surface area (Å²) in [4.78, 5) is 22.2. The van der Waals surface area contributed by atoms with Gasteiger partial charge in [-0.2, -0.15) is 0 Å². The van der Waals surface area contributed by atoms with Crippen molar-refractivity contribution in [3.8, 4) is 11.4 Å².